The number of nitrogens with one attached hydrogen (secondary N) is 1. The van der Waals surface area contributed by atoms with E-state index < -0.39 is 5.76 Å². The first-order valence-electron chi connectivity index (χ1n) is 6.57. The van der Waals surface area contributed by atoms with Crippen molar-refractivity contribution in [2.24, 2.45) is 5.92 Å². The molecule has 106 valence electrons. The average molecular weight is 311 g/mol. The Bertz CT molecular complexity index is 536. The smallest absolute Gasteiger partial charge is 0.288 e. The zero-order chi connectivity index (χ0) is 13.9. The summed E-state index contributed by atoms with van der Waals surface area (Å²) in [7, 11) is 0. The predicted molar refractivity (Wildman–Crippen MR) is 81.7 cm³/mol. The van der Waals surface area contributed by atoms with Crippen LogP contribution in [0.25, 0.3) is 0 Å². The van der Waals surface area contributed by atoms with Crippen LogP contribution in [0.15, 0.2) is 46.7 Å². The van der Waals surface area contributed by atoms with Crippen molar-refractivity contribution in [3.63, 3.8) is 0 Å². The second-order valence-electron chi connectivity index (χ2n) is 4.88. The lowest BCUT2D eigenvalue weighted by Gasteiger charge is -2.18. The van der Waals surface area contributed by atoms with Crippen molar-refractivity contribution in [3.8, 4) is 0 Å². The van der Waals surface area contributed by atoms with Gasteiger partial charge in [0, 0.05) is 15.5 Å². The van der Waals surface area contributed by atoms with E-state index in [2.05, 4.69) is 22.8 Å². The Kier molecular flexibility index (Phi) is 4.27. The van der Waals surface area contributed by atoms with E-state index in [0.717, 1.165) is 5.69 Å². The normalized spacial score (nSPS) is 16.4. The molecule has 2 aromatic rings. The van der Waals surface area contributed by atoms with Gasteiger partial charge in [0.1, 0.15) is 0 Å². The van der Waals surface area contributed by atoms with Gasteiger partial charge in [-0.15, -0.1) is 11.3 Å². The van der Waals surface area contributed by atoms with Crippen LogP contribution in [0.5, 0.6) is 0 Å². The van der Waals surface area contributed by atoms with Gasteiger partial charge in [0.15, 0.2) is 0 Å². The van der Waals surface area contributed by atoms with Crippen LogP contribution in [0.4, 0.5) is 14.5 Å². The molecule has 1 aliphatic carbocycles. The molecule has 1 N–H and O–H groups in total. The van der Waals surface area contributed by atoms with Crippen LogP contribution < -0.4 is 5.32 Å². The summed E-state index contributed by atoms with van der Waals surface area (Å²) < 4.78 is 24.6. The lowest BCUT2D eigenvalue weighted by Crippen LogP contribution is -2.11. The summed E-state index contributed by atoms with van der Waals surface area (Å²) in [5, 5.41) is 5.63. The largest absolute Gasteiger partial charge is 0.377 e. The maximum Gasteiger partial charge on any atom is 0.288 e. The Balaban J connectivity index is 1.69. The van der Waals surface area contributed by atoms with Crippen molar-refractivity contribution >= 4 is 28.8 Å². The zero-order valence-electron chi connectivity index (χ0n) is 10.8. The Hall–Kier alpha value is -1.07. The minimum atomic E-state index is -2.36. The molecule has 1 saturated carbocycles. The van der Waals surface area contributed by atoms with E-state index in [0.29, 0.717) is 28.6 Å². The highest BCUT2D eigenvalue weighted by molar-refractivity contribution is 7.99. The Morgan fingerprint density at radius 1 is 1.15 bits per heavy atom. The number of benzene rings is 1. The average Bonchev–Trinajstić information content (AvgIpc) is 3.12. The molecule has 1 aromatic carbocycles. The van der Waals surface area contributed by atoms with Crippen LogP contribution in [0, 0.1) is 5.92 Å². The summed E-state index contributed by atoms with van der Waals surface area (Å²) in [6.45, 7) is 0. The van der Waals surface area contributed by atoms with Crippen molar-refractivity contribution in [1.29, 1.82) is 0 Å². The highest BCUT2D eigenvalue weighted by atomic mass is 32.2. The molecule has 3 rings (SSSR count). The second kappa shape index (κ2) is 6.14. The number of hydrogen-bond donors (Lipinski definition) is 1. The SMILES string of the molecule is FC(F)Sc1ccc(NC(c2cccs2)C2CC2)cc1. The Morgan fingerprint density at radius 2 is 1.90 bits per heavy atom. The molecule has 1 heterocycles. The Morgan fingerprint density at radius 3 is 2.45 bits per heavy atom. The Labute approximate surface area is 125 Å². The number of anilines is 1. The summed E-state index contributed by atoms with van der Waals surface area (Å²) >= 11 is 2.35. The van der Waals surface area contributed by atoms with Crippen molar-refractivity contribution < 1.29 is 8.78 Å². The van der Waals surface area contributed by atoms with Gasteiger partial charge >= 0.3 is 0 Å². The van der Waals surface area contributed by atoms with Gasteiger partial charge in [-0.1, -0.05) is 17.8 Å². The van der Waals surface area contributed by atoms with Gasteiger partial charge in [-0.25, -0.2) is 0 Å². The van der Waals surface area contributed by atoms with E-state index in [-0.39, 0.29) is 0 Å². The number of rotatable bonds is 6. The fraction of sp³-hybridized carbons (Fsp3) is 0.333. The van der Waals surface area contributed by atoms with E-state index in [9.17, 15) is 8.78 Å². The quantitative estimate of drug-likeness (QED) is 0.694. The first-order chi connectivity index (χ1) is 9.72. The minimum absolute atomic E-state index is 0.351. The molecular weight excluding hydrogens is 296 g/mol. The molecule has 20 heavy (non-hydrogen) atoms. The molecule has 0 bridgehead atoms. The molecule has 1 unspecified atom stereocenters. The van der Waals surface area contributed by atoms with Gasteiger partial charge in [-0.2, -0.15) is 8.78 Å². The maximum atomic E-state index is 12.3. The van der Waals surface area contributed by atoms with Gasteiger partial charge < -0.3 is 5.32 Å². The molecule has 1 aliphatic rings. The summed E-state index contributed by atoms with van der Waals surface area (Å²) in [5.41, 5.74) is 0.994. The standard InChI is InChI=1S/C15H15F2NS2/c16-15(17)20-12-7-5-11(6-8-12)18-14(10-3-4-10)13-2-1-9-19-13/h1-2,5-10,14-15,18H,3-4H2. The summed E-state index contributed by atoms with van der Waals surface area (Å²) in [4.78, 5) is 1.95. The molecule has 0 radical (unpaired) electrons. The van der Waals surface area contributed by atoms with E-state index in [4.69, 9.17) is 0 Å². The van der Waals surface area contributed by atoms with Crippen LogP contribution in [0.2, 0.25) is 0 Å². The lowest BCUT2D eigenvalue weighted by atomic mass is 10.1. The highest BCUT2D eigenvalue weighted by Gasteiger charge is 2.32. The van der Waals surface area contributed by atoms with E-state index in [1.165, 1.54) is 17.7 Å². The number of thiophene rings is 1. The molecule has 5 heteroatoms. The summed E-state index contributed by atoms with van der Waals surface area (Å²) in [5.74, 6) is -1.66. The zero-order valence-corrected chi connectivity index (χ0v) is 12.4. The number of halogens is 2. The number of thioether (sulfide) groups is 1. The fourth-order valence-electron chi connectivity index (χ4n) is 2.23. The molecular formula is C15H15F2NS2. The molecule has 1 atom stereocenters. The van der Waals surface area contributed by atoms with Crippen LogP contribution in [-0.2, 0) is 0 Å². The van der Waals surface area contributed by atoms with Gasteiger partial charge in [-0.05, 0) is 54.5 Å². The molecule has 0 aliphatic heterocycles. The second-order valence-corrected chi connectivity index (χ2v) is 6.92. The molecule has 0 saturated heterocycles. The number of alkyl halides is 2. The van der Waals surface area contributed by atoms with Crippen molar-refractivity contribution in [1.82, 2.24) is 0 Å². The van der Waals surface area contributed by atoms with Gasteiger partial charge in [0.05, 0.1) is 6.04 Å². The van der Waals surface area contributed by atoms with E-state index >= 15 is 0 Å². The lowest BCUT2D eigenvalue weighted by molar-refractivity contribution is 0.252. The van der Waals surface area contributed by atoms with Gasteiger partial charge in [0.25, 0.3) is 5.76 Å². The molecule has 0 amide bonds. The van der Waals surface area contributed by atoms with E-state index in [1.807, 2.05) is 12.1 Å². The highest BCUT2D eigenvalue weighted by Crippen LogP contribution is 2.44. The van der Waals surface area contributed by atoms with Crippen molar-refractivity contribution in [2.75, 3.05) is 5.32 Å². The third kappa shape index (κ3) is 3.52. The fourth-order valence-corrected chi connectivity index (χ4v) is 3.60. The third-order valence-electron chi connectivity index (χ3n) is 3.34. The molecule has 1 fully saturated rings. The monoisotopic (exact) mass is 311 g/mol. The van der Waals surface area contributed by atoms with Crippen LogP contribution in [0.3, 0.4) is 0 Å². The van der Waals surface area contributed by atoms with Crippen LogP contribution >= 0.6 is 23.1 Å². The van der Waals surface area contributed by atoms with Crippen LogP contribution in [0.1, 0.15) is 23.8 Å². The van der Waals surface area contributed by atoms with Gasteiger partial charge in [-0.3, -0.25) is 0 Å². The van der Waals surface area contributed by atoms with Crippen molar-refractivity contribution in [2.45, 2.75) is 29.5 Å². The summed E-state index contributed by atoms with van der Waals surface area (Å²) in [6.07, 6.45) is 2.52. The topological polar surface area (TPSA) is 12.0 Å². The first kappa shape index (κ1) is 13.9. The molecule has 1 nitrogen and oxygen atoms in total. The van der Waals surface area contributed by atoms with E-state index in [1.54, 1.807) is 23.5 Å². The molecule has 1 aromatic heterocycles. The number of hydrogen-bond acceptors (Lipinski definition) is 3. The first-order valence-corrected chi connectivity index (χ1v) is 8.33. The third-order valence-corrected chi connectivity index (χ3v) is 5.02. The minimum Gasteiger partial charge on any atom is -0.377 e. The van der Waals surface area contributed by atoms with Crippen molar-refractivity contribution in [3.05, 3.63) is 46.7 Å². The van der Waals surface area contributed by atoms with Gasteiger partial charge in [0.2, 0.25) is 0 Å². The predicted octanol–water partition coefficient (Wildman–Crippen LogP) is 5.63. The maximum absolute atomic E-state index is 12.3. The molecule has 0 spiro atoms. The van der Waals surface area contributed by atoms with Crippen LogP contribution in [-0.4, -0.2) is 5.76 Å². The summed E-state index contributed by atoms with van der Waals surface area (Å²) in [6, 6.07) is 11.8.